The fraction of sp³-hybridized carbons (Fsp3) is 0.375. The van der Waals surface area contributed by atoms with Gasteiger partial charge in [0.2, 0.25) is 0 Å². The molecule has 1 aliphatic rings. The Bertz CT molecular complexity index is 460. The molecule has 8 nitrogen and oxygen atoms in total. The molecule has 90 valence electrons. The molecule has 1 saturated heterocycles. The molecule has 1 fully saturated rings. The first-order valence-corrected chi connectivity index (χ1v) is 4.74. The van der Waals surface area contributed by atoms with Gasteiger partial charge in [-0.1, -0.05) is 5.21 Å². The van der Waals surface area contributed by atoms with Crippen molar-refractivity contribution in [3.8, 4) is 0 Å². The Morgan fingerprint density at radius 2 is 2.12 bits per heavy atom. The zero-order valence-electron chi connectivity index (χ0n) is 8.54. The van der Waals surface area contributed by atoms with Crippen molar-refractivity contribution >= 4 is 17.8 Å². The van der Waals surface area contributed by atoms with Crippen LogP contribution in [0.15, 0.2) is 12.4 Å². The van der Waals surface area contributed by atoms with E-state index in [4.69, 9.17) is 0 Å². The fourth-order valence-corrected chi connectivity index (χ4v) is 1.35. The summed E-state index contributed by atoms with van der Waals surface area (Å²) < 4.78 is 14.4. The molecule has 4 amide bonds. The van der Waals surface area contributed by atoms with E-state index in [-0.39, 0.29) is 13.1 Å². The lowest BCUT2D eigenvalue weighted by Crippen LogP contribution is -2.59. The quantitative estimate of drug-likeness (QED) is 0.663. The minimum absolute atomic E-state index is 0.0816. The molecular weight excluding hydrogens is 233 g/mol. The van der Waals surface area contributed by atoms with Crippen LogP contribution in [0.5, 0.6) is 0 Å². The molecule has 1 aromatic heterocycles. The normalized spacial score (nSPS) is 20.6. The number of carbonyl (C=O) groups excluding carboxylic acids is 3. The van der Waals surface area contributed by atoms with E-state index in [1.165, 1.54) is 17.1 Å². The van der Waals surface area contributed by atoms with Crippen LogP contribution in [0.2, 0.25) is 0 Å². The van der Waals surface area contributed by atoms with Crippen LogP contribution in [-0.4, -0.2) is 50.5 Å². The Morgan fingerprint density at radius 3 is 2.76 bits per heavy atom. The molecule has 0 spiro atoms. The number of hydrogen-bond donors (Lipinski definition) is 1. The van der Waals surface area contributed by atoms with Gasteiger partial charge in [-0.2, -0.15) is 0 Å². The van der Waals surface area contributed by atoms with E-state index in [0.717, 1.165) is 0 Å². The zero-order chi connectivity index (χ0) is 12.4. The van der Waals surface area contributed by atoms with Crippen LogP contribution in [0.25, 0.3) is 0 Å². The summed E-state index contributed by atoms with van der Waals surface area (Å²) in [4.78, 5) is 34.1. The van der Waals surface area contributed by atoms with E-state index in [1.807, 2.05) is 0 Å². The number of barbiturate groups is 1. The standard InChI is InChI=1S/C8H8FN5O3/c9-5-6(15)11-8(17)14(7(5)16)4-3-13-2-1-10-12-13/h1-2,5H,3-4H2,(H,11,15,17). The number of hydrogen-bond acceptors (Lipinski definition) is 5. The van der Waals surface area contributed by atoms with Gasteiger partial charge < -0.3 is 0 Å². The van der Waals surface area contributed by atoms with Gasteiger partial charge in [0.1, 0.15) is 0 Å². The molecule has 1 unspecified atom stereocenters. The topological polar surface area (TPSA) is 97.2 Å². The van der Waals surface area contributed by atoms with Crippen LogP contribution in [0.4, 0.5) is 9.18 Å². The van der Waals surface area contributed by atoms with Gasteiger partial charge in [0.25, 0.3) is 18.0 Å². The number of halogens is 1. The summed E-state index contributed by atoms with van der Waals surface area (Å²) in [6.07, 6.45) is 0.632. The van der Waals surface area contributed by atoms with Crippen LogP contribution >= 0.6 is 0 Å². The maximum atomic E-state index is 13.1. The Balaban J connectivity index is 2.02. The second kappa shape index (κ2) is 4.28. The Hall–Kier alpha value is -2.32. The summed E-state index contributed by atoms with van der Waals surface area (Å²) in [5, 5.41) is 8.90. The van der Waals surface area contributed by atoms with Gasteiger partial charge in [0, 0.05) is 6.20 Å². The number of amides is 4. The van der Waals surface area contributed by atoms with E-state index < -0.39 is 24.0 Å². The highest BCUT2D eigenvalue weighted by Crippen LogP contribution is 2.07. The molecule has 0 aliphatic carbocycles. The number of nitrogens with one attached hydrogen (secondary N) is 1. The first-order valence-electron chi connectivity index (χ1n) is 4.74. The summed E-state index contributed by atoms with van der Waals surface area (Å²) in [7, 11) is 0. The lowest BCUT2D eigenvalue weighted by molar-refractivity contribution is -0.143. The van der Waals surface area contributed by atoms with Crippen molar-refractivity contribution in [2.75, 3.05) is 6.54 Å². The number of urea groups is 1. The molecule has 1 atom stereocenters. The SMILES string of the molecule is O=C1NC(=O)N(CCn2ccnn2)C(=O)C1F. The Labute approximate surface area is 94.4 Å². The van der Waals surface area contributed by atoms with Crippen molar-refractivity contribution in [2.45, 2.75) is 12.7 Å². The number of aromatic nitrogens is 3. The van der Waals surface area contributed by atoms with Crippen LogP contribution in [0.1, 0.15) is 0 Å². The van der Waals surface area contributed by atoms with Gasteiger partial charge in [0.05, 0.1) is 19.3 Å². The predicted molar refractivity (Wildman–Crippen MR) is 50.2 cm³/mol. The lowest BCUT2D eigenvalue weighted by atomic mass is 10.2. The number of carbonyl (C=O) groups is 3. The van der Waals surface area contributed by atoms with Crippen molar-refractivity contribution in [2.24, 2.45) is 0 Å². The molecule has 1 aliphatic heterocycles. The summed E-state index contributed by atoms with van der Waals surface area (Å²) in [5.74, 6) is -2.38. The van der Waals surface area contributed by atoms with E-state index >= 15 is 0 Å². The minimum Gasteiger partial charge on any atom is -0.275 e. The molecule has 1 aromatic rings. The number of alkyl halides is 1. The average Bonchev–Trinajstić information content (AvgIpc) is 2.79. The van der Waals surface area contributed by atoms with Crippen molar-refractivity contribution in [1.82, 2.24) is 25.2 Å². The third-order valence-electron chi connectivity index (χ3n) is 2.21. The summed E-state index contributed by atoms with van der Waals surface area (Å²) in [6.45, 7) is 0.0990. The molecule has 9 heteroatoms. The van der Waals surface area contributed by atoms with Crippen LogP contribution in [0, 0.1) is 0 Å². The second-order valence-electron chi connectivity index (χ2n) is 3.31. The van der Waals surface area contributed by atoms with E-state index in [0.29, 0.717) is 4.90 Å². The number of nitrogens with zero attached hydrogens (tertiary/aromatic N) is 4. The highest BCUT2D eigenvalue weighted by molar-refractivity contribution is 6.17. The van der Waals surface area contributed by atoms with E-state index in [1.54, 1.807) is 5.32 Å². The van der Waals surface area contributed by atoms with Gasteiger partial charge in [-0.15, -0.1) is 5.10 Å². The number of rotatable bonds is 3. The Kier molecular flexibility index (Phi) is 2.81. The van der Waals surface area contributed by atoms with Crippen LogP contribution in [0.3, 0.4) is 0 Å². The van der Waals surface area contributed by atoms with Gasteiger partial charge >= 0.3 is 6.03 Å². The van der Waals surface area contributed by atoms with E-state index in [9.17, 15) is 18.8 Å². The molecule has 0 aromatic carbocycles. The molecule has 2 heterocycles. The zero-order valence-corrected chi connectivity index (χ0v) is 8.54. The largest absolute Gasteiger partial charge is 0.330 e. The summed E-state index contributed by atoms with van der Waals surface area (Å²) in [6, 6.07) is -0.922. The van der Waals surface area contributed by atoms with Gasteiger partial charge in [-0.05, 0) is 0 Å². The van der Waals surface area contributed by atoms with Crippen molar-refractivity contribution < 1.29 is 18.8 Å². The average molecular weight is 241 g/mol. The first-order chi connectivity index (χ1) is 8.09. The molecule has 0 bridgehead atoms. The predicted octanol–water partition coefficient (Wildman–Crippen LogP) is -1.31. The fourth-order valence-electron chi connectivity index (χ4n) is 1.35. The summed E-state index contributed by atoms with van der Waals surface area (Å²) in [5.41, 5.74) is 0. The maximum Gasteiger partial charge on any atom is 0.330 e. The minimum atomic E-state index is -2.33. The highest BCUT2D eigenvalue weighted by Gasteiger charge is 2.40. The number of imide groups is 2. The van der Waals surface area contributed by atoms with Crippen LogP contribution < -0.4 is 5.32 Å². The molecule has 2 rings (SSSR count). The Morgan fingerprint density at radius 1 is 1.35 bits per heavy atom. The molecule has 0 saturated carbocycles. The van der Waals surface area contributed by atoms with Crippen molar-refractivity contribution in [3.63, 3.8) is 0 Å². The van der Waals surface area contributed by atoms with Crippen LogP contribution in [-0.2, 0) is 16.1 Å². The van der Waals surface area contributed by atoms with Gasteiger partial charge in [-0.25, -0.2) is 9.18 Å². The molecular formula is C8H8FN5O3. The van der Waals surface area contributed by atoms with Gasteiger partial charge in [-0.3, -0.25) is 24.5 Å². The third-order valence-corrected chi connectivity index (χ3v) is 2.21. The molecule has 17 heavy (non-hydrogen) atoms. The van der Waals surface area contributed by atoms with E-state index in [2.05, 4.69) is 10.3 Å². The first kappa shape index (κ1) is 11.2. The smallest absolute Gasteiger partial charge is 0.275 e. The monoisotopic (exact) mass is 241 g/mol. The summed E-state index contributed by atoms with van der Waals surface area (Å²) >= 11 is 0. The second-order valence-corrected chi connectivity index (χ2v) is 3.31. The van der Waals surface area contributed by atoms with Crippen molar-refractivity contribution in [1.29, 1.82) is 0 Å². The maximum absolute atomic E-state index is 13.1. The highest BCUT2D eigenvalue weighted by atomic mass is 19.1. The lowest BCUT2D eigenvalue weighted by Gasteiger charge is -2.26. The molecule has 1 N–H and O–H groups in total. The molecule has 0 radical (unpaired) electrons. The third kappa shape index (κ3) is 2.12. The van der Waals surface area contributed by atoms with Crippen molar-refractivity contribution in [3.05, 3.63) is 12.4 Å². The van der Waals surface area contributed by atoms with Gasteiger partial charge in [0.15, 0.2) is 0 Å².